The second-order valence-corrected chi connectivity index (χ2v) is 7.54. The van der Waals surface area contributed by atoms with E-state index in [9.17, 15) is 0 Å². The van der Waals surface area contributed by atoms with Crippen molar-refractivity contribution in [3.63, 3.8) is 0 Å². The second kappa shape index (κ2) is 7.10. The van der Waals surface area contributed by atoms with Crippen LogP contribution in [-0.2, 0) is 0 Å². The molecule has 0 fully saturated rings. The summed E-state index contributed by atoms with van der Waals surface area (Å²) in [5.41, 5.74) is 5.29. The van der Waals surface area contributed by atoms with Crippen molar-refractivity contribution < 1.29 is 0 Å². The van der Waals surface area contributed by atoms with Gasteiger partial charge in [-0.25, -0.2) is 4.98 Å². The first-order chi connectivity index (χ1) is 13.8. The van der Waals surface area contributed by atoms with Gasteiger partial charge in [0.1, 0.15) is 5.82 Å². The summed E-state index contributed by atoms with van der Waals surface area (Å²) in [6, 6.07) is 33.3. The van der Waals surface area contributed by atoms with Crippen molar-refractivity contribution in [2.75, 3.05) is 0 Å². The molecule has 5 aromatic rings. The van der Waals surface area contributed by atoms with Crippen molar-refractivity contribution in [3.8, 4) is 33.9 Å². The highest BCUT2D eigenvalue weighted by atomic mass is 79.9. The average molecular weight is 425 g/mol. The highest BCUT2D eigenvalue weighted by Crippen LogP contribution is 2.38. The fourth-order valence-corrected chi connectivity index (χ4v) is 4.13. The molecule has 1 aromatic heterocycles. The summed E-state index contributed by atoms with van der Waals surface area (Å²) < 4.78 is 1.03. The molecular weight excluding hydrogens is 408 g/mol. The highest BCUT2D eigenvalue weighted by molar-refractivity contribution is 9.10. The number of rotatable bonds is 3. The highest BCUT2D eigenvalue weighted by Gasteiger charge is 2.18. The maximum absolute atomic E-state index is 5.05. The molecule has 0 radical (unpaired) electrons. The summed E-state index contributed by atoms with van der Waals surface area (Å²) in [6.45, 7) is 0. The van der Waals surface area contributed by atoms with Crippen LogP contribution in [0.15, 0.2) is 102 Å². The average Bonchev–Trinajstić information content (AvgIpc) is 3.20. The predicted molar refractivity (Wildman–Crippen MR) is 120 cm³/mol. The van der Waals surface area contributed by atoms with E-state index < -0.39 is 0 Å². The van der Waals surface area contributed by atoms with Gasteiger partial charge in [-0.2, -0.15) is 0 Å². The maximum atomic E-state index is 5.05. The number of aromatic amines is 1. The van der Waals surface area contributed by atoms with Gasteiger partial charge in [0, 0.05) is 21.2 Å². The van der Waals surface area contributed by atoms with Crippen molar-refractivity contribution in [1.82, 2.24) is 9.97 Å². The molecule has 0 saturated carbocycles. The number of nitrogens with one attached hydrogen (secondary N) is 1. The van der Waals surface area contributed by atoms with Crippen LogP contribution in [0, 0.1) is 0 Å². The molecule has 0 spiro atoms. The van der Waals surface area contributed by atoms with Gasteiger partial charge in [0.25, 0.3) is 0 Å². The van der Waals surface area contributed by atoms with E-state index in [1.807, 2.05) is 24.3 Å². The lowest BCUT2D eigenvalue weighted by Gasteiger charge is -2.07. The van der Waals surface area contributed by atoms with E-state index in [0.717, 1.165) is 38.4 Å². The van der Waals surface area contributed by atoms with Crippen LogP contribution >= 0.6 is 15.9 Å². The van der Waals surface area contributed by atoms with E-state index in [0.29, 0.717) is 0 Å². The predicted octanol–water partition coefficient (Wildman–Crippen LogP) is 7.33. The summed E-state index contributed by atoms with van der Waals surface area (Å²) in [4.78, 5) is 8.66. The van der Waals surface area contributed by atoms with E-state index in [1.165, 1.54) is 10.8 Å². The number of hydrogen-bond acceptors (Lipinski definition) is 1. The number of halogens is 1. The number of benzene rings is 4. The Hall–Kier alpha value is -3.17. The van der Waals surface area contributed by atoms with Gasteiger partial charge in [0.15, 0.2) is 0 Å². The number of nitrogens with zero attached hydrogens (tertiary/aromatic N) is 1. The van der Waals surface area contributed by atoms with E-state index in [4.69, 9.17) is 4.98 Å². The minimum atomic E-state index is 0.862. The zero-order valence-corrected chi connectivity index (χ0v) is 16.6. The topological polar surface area (TPSA) is 28.7 Å². The van der Waals surface area contributed by atoms with E-state index in [2.05, 4.69) is 93.7 Å². The molecule has 0 bridgehead atoms. The van der Waals surface area contributed by atoms with Gasteiger partial charge in [0.2, 0.25) is 0 Å². The Kier molecular flexibility index (Phi) is 4.30. The van der Waals surface area contributed by atoms with Crippen molar-refractivity contribution in [2.45, 2.75) is 0 Å². The molecule has 4 aromatic carbocycles. The monoisotopic (exact) mass is 424 g/mol. The molecule has 0 amide bonds. The first-order valence-corrected chi connectivity index (χ1v) is 9.99. The fourth-order valence-electron chi connectivity index (χ4n) is 3.60. The van der Waals surface area contributed by atoms with Crippen LogP contribution in [0.5, 0.6) is 0 Å². The van der Waals surface area contributed by atoms with Crippen LogP contribution < -0.4 is 0 Å². The molecule has 0 saturated heterocycles. The summed E-state index contributed by atoms with van der Waals surface area (Å²) in [6.07, 6.45) is 0. The van der Waals surface area contributed by atoms with Crippen molar-refractivity contribution in [1.29, 1.82) is 0 Å². The molecule has 0 atom stereocenters. The van der Waals surface area contributed by atoms with E-state index >= 15 is 0 Å². The normalized spacial score (nSPS) is 11.0. The van der Waals surface area contributed by atoms with Crippen LogP contribution in [0.2, 0.25) is 0 Å². The smallest absolute Gasteiger partial charge is 0.140 e. The van der Waals surface area contributed by atoms with E-state index in [-0.39, 0.29) is 0 Å². The number of aromatic nitrogens is 2. The molecule has 3 heteroatoms. The Morgan fingerprint density at radius 2 is 1.29 bits per heavy atom. The first-order valence-electron chi connectivity index (χ1n) is 9.20. The molecule has 28 heavy (non-hydrogen) atoms. The third-order valence-corrected chi connectivity index (χ3v) is 5.59. The largest absolute Gasteiger partial charge is 0.337 e. The lowest BCUT2D eigenvalue weighted by Crippen LogP contribution is -1.86. The Balaban J connectivity index is 1.80. The molecular formula is C25H17BrN2. The molecule has 1 heterocycles. The molecule has 0 unspecified atom stereocenters. The SMILES string of the molecule is Brc1ccc2ccccc2c1-c1nc(-c2ccccc2)c(-c2ccccc2)[nH]1. The fraction of sp³-hybridized carbons (Fsp3) is 0. The molecule has 0 aliphatic heterocycles. The molecule has 2 nitrogen and oxygen atoms in total. The minimum absolute atomic E-state index is 0.862. The van der Waals surface area contributed by atoms with Gasteiger partial charge in [-0.3, -0.25) is 0 Å². The first kappa shape index (κ1) is 17.0. The van der Waals surface area contributed by atoms with Crippen molar-refractivity contribution in [3.05, 3.63) is 102 Å². The number of hydrogen-bond donors (Lipinski definition) is 1. The van der Waals surface area contributed by atoms with Crippen molar-refractivity contribution >= 4 is 26.7 Å². The summed E-state index contributed by atoms with van der Waals surface area (Å²) in [7, 11) is 0. The minimum Gasteiger partial charge on any atom is -0.337 e. The molecule has 1 N–H and O–H groups in total. The third-order valence-electron chi connectivity index (χ3n) is 4.93. The van der Waals surface area contributed by atoms with E-state index in [1.54, 1.807) is 0 Å². The van der Waals surface area contributed by atoms with Gasteiger partial charge in [-0.15, -0.1) is 0 Å². The molecule has 134 valence electrons. The van der Waals surface area contributed by atoms with Gasteiger partial charge >= 0.3 is 0 Å². The quantitative estimate of drug-likeness (QED) is 0.322. The third kappa shape index (κ3) is 2.94. The van der Waals surface area contributed by atoms with Gasteiger partial charge in [-0.1, -0.05) is 107 Å². The zero-order chi connectivity index (χ0) is 18.9. The Morgan fingerprint density at radius 1 is 0.643 bits per heavy atom. The summed E-state index contributed by atoms with van der Waals surface area (Å²) >= 11 is 3.74. The Labute approximate surface area is 172 Å². The van der Waals surface area contributed by atoms with Crippen LogP contribution in [0.1, 0.15) is 0 Å². The molecule has 5 rings (SSSR count). The van der Waals surface area contributed by atoms with Crippen LogP contribution in [0.3, 0.4) is 0 Å². The Morgan fingerprint density at radius 3 is 2.04 bits per heavy atom. The van der Waals surface area contributed by atoms with Crippen LogP contribution in [-0.4, -0.2) is 9.97 Å². The van der Waals surface area contributed by atoms with Gasteiger partial charge < -0.3 is 4.98 Å². The van der Waals surface area contributed by atoms with Crippen LogP contribution in [0.25, 0.3) is 44.7 Å². The second-order valence-electron chi connectivity index (χ2n) is 6.68. The zero-order valence-electron chi connectivity index (χ0n) is 15.1. The van der Waals surface area contributed by atoms with Crippen molar-refractivity contribution in [2.24, 2.45) is 0 Å². The maximum Gasteiger partial charge on any atom is 0.140 e. The standard InChI is InChI=1S/C25H17BrN2/c26-21-16-15-17-9-7-8-14-20(17)22(21)25-27-23(18-10-3-1-4-11-18)24(28-25)19-12-5-2-6-13-19/h1-16H,(H,27,28). The van der Waals surface area contributed by atoms with Gasteiger partial charge in [0.05, 0.1) is 11.4 Å². The number of imidazole rings is 1. The van der Waals surface area contributed by atoms with Crippen LogP contribution in [0.4, 0.5) is 0 Å². The number of fused-ring (bicyclic) bond motifs is 1. The summed E-state index contributed by atoms with van der Waals surface area (Å²) in [5.74, 6) is 0.862. The lowest BCUT2D eigenvalue weighted by atomic mass is 10.0. The Bertz CT molecular complexity index is 1200. The lowest BCUT2D eigenvalue weighted by molar-refractivity contribution is 1.31. The number of H-pyrrole nitrogens is 1. The van der Waals surface area contributed by atoms with Gasteiger partial charge in [-0.05, 0) is 16.8 Å². The molecule has 0 aliphatic rings. The molecule has 0 aliphatic carbocycles. The summed E-state index contributed by atoms with van der Waals surface area (Å²) in [5, 5.41) is 2.37.